The zero-order valence-electron chi connectivity index (χ0n) is 20.5. The van der Waals surface area contributed by atoms with Crippen LogP contribution >= 0.6 is 0 Å². The predicted octanol–water partition coefficient (Wildman–Crippen LogP) is 3.41. The van der Waals surface area contributed by atoms with E-state index in [1.807, 2.05) is 29.3 Å². The van der Waals surface area contributed by atoms with Gasteiger partial charge in [0.1, 0.15) is 18.1 Å². The predicted molar refractivity (Wildman–Crippen MR) is 130 cm³/mol. The van der Waals surface area contributed by atoms with Crippen molar-refractivity contribution in [3.05, 3.63) is 48.6 Å². The normalized spacial score (nSPS) is 21.1. The maximum absolute atomic E-state index is 13.2. The van der Waals surface area contributed by atoms with Crippen LogP contribution in [0.4, 0.5) is 13.2 Å². The maximum Gasteiger partial charge on any atom is 0.451 e. The lowest BCUT2D eigenvalue weighted by atomic mass is 9.89. The number of aromatic nitrogens is 7. The van der Waals surface area contributed by atoms with Gasteiger partial charge in [-0.05, 0) is 31.7 Å². The van der Waals surface area contributed by atoms with Crippen molar-refractivity contribution in [2.75, 3.05) is 19.7 Å². The van der Waals surface area contributed by atoms with Crippen molar-refractivity contribution >= 4 is 11.0 Å². The number of H-pyrrole nitrogens is 1. The fourth-order valence-electron chi connectivity index (χ4n) is 5.32. The molecule has 1 saturated heterocycles. The molecule has 38 heavy (non-hydrogen) atoms. The molecule has 5 heterocycles. The zero-order valence-corrected chi connectivity index (χ0v) is 20.5. The first-order valence-electron chi connectivity index (χ1n) is 12.7. The third kappa shape index (κ3) is 4.95. The van der Waals surface area contributed by atoms with E-state index in [0.717, 1.165) is 61.1 Å². The van der Waals surface area contributed by atoms with Gasteiger partial charge in [-0.15, -0.1) is 0 Å². The largest absolute Gasteiger partial charge is 0.474 e. The Labute approximate surface area is 215 Å². The number of likely N-dealkylation sites (tertiary alicyclic amines) is 1. The average Bonchev–Trinajstić information content (AvgIpc) is 3.54. The van der Waals surface area contributed by atoms with Gasteiger partial charge >= 0.3 is 6.18 Å². The molecule has 4 aromatic rings. The first-order valence-corrected chi connectivity index (χ1v) is 12.7. The van der Waals surface area contributed by atoms with E-state index in [0.29, 0.717) is 6.04 Å². The summed E-state index contributed by atoms with van der Waals surface area (Å²) in [7, 11) is 0. The van der Waals surface area contributed by atoms with E-state index in [-0.39, 0.29) is 36.7 Å². The molecule has 2 fully saturated rings. The summed E-state index contributed by atoms with van der Waals surface area (Å²) in [5.74, 6) is -1.32. The van der Waals surface area contributed by atoms with Crippen LogP contribution in [0.5, 0.6) is 5.88 Å². The van der Waals surface area contributed by atoms with Gasteiger partial charge in [0.2, 0.25) is 11.7 Å². The second-order valence-electron chi connectivity index (χ2n) is 9.82. The monoisotopic (exact) mass is 528 g/mol. The van der Waals surface area contributed by atoms with Crippen molar-refractivity contribution in [1.82, 2.24) is 39.6 Å². The molecular formula is C25H27F3N8O2. The number of nitrogens with one attached hydrogen (secondary N) is 1. The van der Waals surface area contributed by atoms with Gasteiger partial charge in [-0.3, -0.25) is 9.58 Å². The molecule has 0 atom stereocenters. The van der Waals surface area contributed by atoms with Crippen molar-refractivity contribution in [1.29, 1.82) is 0 Å². The summed E-state index contributed by atoms with van der Waals surface area (Å²) < 4.78 is 47.4. The topological polar surface area (TPSA) is 118 Å². The Kier molecular flexibility index (Phi) is 6.48. The van der Waals surface area contributed by atoms with E-state index >= 15 is 0 Å². The Hall–Kier alpha value is -3.58. The van der Waals surface area contributed by atoms with Gasteiger partial charge in [-0.25, -0.2) is 15.0 Å². The van der Waals surface area contributed by atoms with Crippen LogP contribution in [-0.2, 0) is 12.6 Å². The Morgan fingerprint density at radius 1 is 1.08 bits per heavy atom. The fraction of sp³-hybridized carbons (Fsp3) is 0.480. The number of hydrogen-bond acceptors (Lipinski definition) is 8. The van der Waals surface area contributed by atoms with E-state index < -0.39 is 12.0 Å². The van der Waals surface area contributed by atoms with Gasteiger partial charge in [0.25, 0.3) is 0 Å². The van der Waals surface area contributed by atoms with Crippen molar-refractivity contribution < 1.29 is 23.0 Å². The van der Waals surface area contributed by atoms with E-state index in [9.17, 15) is 13.2 Å². The number of fused-ring (bicyclic) bond motifs is 1. The van der Waals surface area contributed by atoms with Crippen LogP contribution in [-0.4, -0.2) is 76.5 Å². The standard InChI is InChI=1S/C25H27F3N8O2/c26-25(27,28)24-33-16(6-8-37)9-21(34-24)38-19-3-1-17(2-4-19)35-12-18(13-35)36-11-15(10-32-36)22-20-5-7-29-23(20)31-14-30-22/h5,7,9-11,14,17-19,37H,1-4,6,8,12-13H2,(H,29,30,31). The van der Waals surface area contributed by atoms with E-state index in [2.05, 4.69) is 34.9 Å². The minimum atomic E-state index is -4.67. The van der Waals surface area contributed by atoms with Crippen LogP contribution in [0.15, 0.2) is 37.1 Å². The number of hydrogen-bond donors (Lipinski definition) is 2. The molecule has 13 heteroatoms. The highest BCUT2D eigenvalue weighted by atomic mass is 19.4. The summed E-state index contributed by atoms with van der Waals surface area (Å²) in [5, 5.41) is 14.7. The van der Waals surface area contributed by atoms with Crippen molar-refractivity contribution in [3.8, 4) is 17.1 Å². The highest BCUT2D eigenvalue weighted by Gasteiger charge is 2.38. The molecule has 0 bridgehead atoms. The lowest BCUT2D eigenvalue weighted by molar-refractivity contribution is -0.145. The molecule has 10 nitrogen and oxygen atoms in total. The maximum atomic E-state index is 13.2. The Morgan fingerprint density at radius 3 is 2.66 bits per heavy atom. The molecular weight excluding hydrogens is 501 g/mol. The number of alkyl halides is 3. The summed E-state index contributed by atoms with van der Waals surface area (Å²) in [6.45, 7) is 1.49. The molecule has 1 aliphatic carbocycles. The molecule has 200 valence electrons. The highest BCUT2D eigenvalue weighted by molar-refractivity contribution is 5.89. The van der Waals surface area contributed by atoms with Crippen LogP contribution in [0.1, 0.15) is 43.2 Å². The molecule has 4 aromatic heterocycles. The van der Waals surface area contributed by atoms with Gasteiger partial charge < -0.3 is 14.8 Å². The first kappa shape index (κ1) is 24.7. The summed E-state index contributed by atoms with van der Waals surface area (Å²) in [6, 6.07) is 4.04. The zero-order chi connectivity index (χ0) is 26.3. The van der Waals surface area contributed by atoms with Crippen LogP contribution < -0.4 is 4.74 Å². The minimum absolute atomic E-state index is 0.0120. The molecule has 0 spiro atoms. The summed E-state index contributed by atoms with van der Waals surface area (Å²) in [6.07, 6.45) is 5.66. The lowest BCUT2D eigenvalue weighted by Gasteiger charge is -2.46. The fourth-order valence-corrected chi connectivity index (χ4v) is 5.32. The third-order valence-corrected chi connectivity index (χ3v) is 7.32. The molecule has 6 rings (SSSR count). The SMILES string of the molecule is OCCc1cc(OC2CCC(N3CC(n4cc(-c5ncnc6[nH]ccc56)cn4)C3)CC2)nc(C(F)(F)F)n1. The number of rotatable bonds is 7. The Balaban J connectivity index is 1.03. The highest BCUT2D eigenvalue weighted by Crippen LogP contribution is 2.34. The Bertz CT molecular complexity index is 1410. The quantitative estimate of drug-likeness (QED) is 0.375. The number of ether oxygens (including phenoxy) is 1. The second kappa shape index (κ2) is 9.95. The van der Waals surface area contributed by atoms with E-state index in [4.69, 9.17) is 9.84 Å². The van der Waals surface area contributed by atoms with Gasteiger partial charge in [0, 0.05) is 61.6 Å². The average molecular weight is 529 g/mol. The first-order chi connectivity index (χ1) is 18.4. The van der Waals surface area contributed by atoms with Crippen molar-refractivity contribution in [2.45, 2.75) is 56.5 Å². The van der Waals surface area contributed by atoms with Crippen molar-refractivity contribution in [2.24, 2.45) is 0 Å². The smallest absolute Gasteiger partial charge is 0.451 e. The molecule has 0 amide bonds. The summed E-state index contributed by atoms with van der Waals surface area (Å²) in [4.78, 5) is 21.3. The lowest BCUT2D eigenvalue weighted by Crippen LogP contribution is -2.54. The molecule has 2 aliphatic rings. The van der Waals surface area contributed by atoms with Crippen molar-refractivity contribution in [3.63, 3.8) is 0 Å². The molecule has 1 aliphatic heterocycles. The third-order valence-electron chi connectivity index (χ3n) is 7.32. The second-order valence-corrected chi connectivity index (χ2v) is 9.82. The van der Waals surface area contributed by atoms with Crippen LogP contribution in [0.2, 0.25) is 0 Å². The van der Waals surface area contributed by atoms with Crippen LogP contribution in [0.25, 0.3) is 22.3 Å². The number of aliphatic hydroxyl groups is 1. The van der Waals surface area contributed by atoms with Gasteiger partial charge in [-0.2, -0.15) is 23.3 Å². The van der Waals surface area contributed by atoms with Gasteiger partial charge in [0.15, 0.2) is 0 Å². The van der Waals surface area contributed by atoms with E-state index in [1.54, 1.807) is 6.33 Å². The van der Waals surface area contributed by atoms with Gasteiger partial charge in [0.05, 0.1) is 23.6 Å². The Morgan fingerprint density at radius 2 is 1.89 bits per heavy atom. The minimum Gasteiger partial charge on any atom is -0.474 e. The van der Waals surface area contributed by atoms with E-state index in [1.165, 1.54) is 6.07 Å². The summed E-state index contributed by atoms with van der Waals surface area (Å²) >= 11 is 0. The molecule has 0 unspecified atom stereocenters. The van der Waals surface area contributed by atoms with Gasteiger partial charge in [-0.1, -0.05) is 0 Å². The number of nitrogens with zero attached hydrogens (tertiary/aromatic N) is 7. The number of halogens is 3. The molecule has 1 saturated carbocycles. The molecule has 0 radical (unpaired) electrons. The van der Waals surface area contributed by atoms with Crippen LogP contribution in [0, 0.1) is 0 Å². The summed E-state index contributed by atoms with van der Waals surface area (Å²) in [5.41, 5.74) is 2.72. The molecule has 0 aromatic carbocycles. The number of aliphatic hydroxyl groups excluding tert-OH is 1. The van der Waals surface area contributed by atoms with Crippen LogP contribution in [0.3, 0.4) is 0 Å². The molecule has 2 N–H and O–H groups in total. The number of aromatic amines is 1.